The highest BCUT2D eigenvalue weighted by atomic mass is 16.6. The average molecular weight is 737 g/mol. The molecule has 54 heavy (non-hydrogen) atoms. The van der Waals surface area contributed by atoms with Gasteiger partial charge in [0.1, 0.15) is 67.7 Å². The molecule has 4 aromatic rings. The largest absolute Gasteiger partial charge is 0.490 e. The van der Waals surface area contributed by atoms with Crippen molar-refractivity contribution in [2.75, 3.05) is 39.6 Å². The fraction of sp³-hybridized carbons (Fsp3) is 0.489. The molecule has 0 unspecified atom stereocenters. The summed E-state index contributed by atoms with van der Waals surface area (Å²) in [6.45, 7) is 28.8. The highest BCUT2D eigenvalue weighted by Crippen LogP contribution is 2.40. The Hall–Kier alpha value is -4.04. The van der Waals surface area contributed by atoms with Crippen LogP contribution in [-0.4, -0.2) is 63.1 Å². The van der Waals surface area contributed by atoms with E-state index in [1.54, 1.807) is 0 Å². The lowest BCUT2D eigenvalue weighted by molar-refractivity contribution is 0.0617. The summed E-state index contributed by atoms with van der Waals surface area (Å²) in [4.78, 5) is 0. The summed E-state index contributed by atoms with van der Waals surface area (Å²) in [6, 6.07) is 17.8. The van der Waals surface area contributed by atoms with Crippen LogP contribution >= 0.6 is 0 Å². The molecule has 2 aliphatic heterocycles. The Kier molecular flexibility index (Phi) is 11.5. The topological polar surface area (TPSA) is 82.2 Å². The molecule has 4 aromatic carbocycles. The van der Waals surface area contributed by atoms with E-state index < -0.39 is 6.10 Å². The van der Waals surface area contributed by atoms with E-state index in [1.807, 2.05) is 0 Å². The van der Waals surface area contributed by atoms with Crippen LogP contribution in [0.25, 0.3) is 0 Å². The van der Waals surface area contributed by atoms with Gasteiger partial charge in [0.05, 0.1) is 13.2 Å². The van der Waals surface area contributed by atoms with Gasteiger partial charge in [-0.15, -0.1) is 0 Å². The number of aryl methyl sites for hydroxylation is 8. The van der Waals surface area contributed by atoms with Crippen molar-refractivity contribution in [3.8, 4) is 23.0 Å². The summed E-state index contributed by atoms with van der Waals surface area (Å²) < 4.78 is 35.4. The van der Waals surface area contributed by atoms with Gasteiger partial charge >= 0.3 is 0 Å². The smallest absolute Gasteiger partial charge is 0.125 e. The van der Waals surface area contributed by atoms with E-state index in [0.717, 1.165) is 80.7 Å². The number of aliphatic hydroxyl groups is 1. The van der Waals surface area contributed by atoms with Crippen LogP contribution in [0.2, 0.25) is 0 Å². The van der Waals surface area contributed by atoms with Crippen LogP contribution in [0.5, 0.6) is 23.0 Å². The van der Waals surface area contributed by atoms with Gasteiger partial charge in [-0.25, -0.2) is 0 Å². The minimum atomic E-state index is -0.800. The van der Waals surface area contributed by atoms with Crippen LogP contribution in [0.4, 0.5) is 0 Å². The molecule has 6 rings (SSSR count). The summed E-state index contributed by atoms with van der Waals surface area (Å²) in [5.41, 5.74) is 13.1. The molecule has 290 valence electrons. The maximum absolute atomic E-state index is 11.0. The summed E-state index contributed by atoms with van der Waals surface area (Å²) in [5.74, 6) is 3.49. The number of rotatable bonds is 16. The molecule has 0 radical (unpaired) electrons. The fourth-order valence-electron chi connectivity index (χ4n) is 7.58. The number of benzene rings is 4. The third-order valence-electron chi connectivity index (χ3n) is 11.2. The number of hydrogen-bond acceptors (Lipinski definition) is 7. The fourth-order valence-corrected chi connectivity index (χ4v) is 7.58. The van der Waals surface area contributed by atoms with E-state index in [9.17, 15) is 5.11 Å². The Balaban J connectivity index is 1.08. The number of ether oxygens (including phenoxy) is 6. The summed E-state index contributed by atoms with van der Waals surface area (Å²) in [5, 5.41) is 11.0. The Morgan fingerprint density at radius 2 is 0.704 bits per heavy atom. The SMILES string of the molecule is Cc1cc(C(C)(C)c2cc(C)c(OC[C@H]3CO3)c(C)c2)cc(C)c1OCC(O)COc1c(C)cc(C(C)(C)c2cc(C)c(OC[C@H]3CO3)c(C)c2)cc1C. The monoisotopic (exact) mass is 736 g/mol. The molecule has 2 aliphatic rings. The molecule has 0 aromatic heterocycles. The first-order valence-electron chi connectivity index (χ1n) is 19.3. The standard InChI is InChI=1S/C47H60O7/c1-27-13-35(46(9,10)37-17-31(5)44(32(6)18-37)53-25-40-23-49-40)14-28(2)42(27)51-21-39(48)22-52-43-29(3)15-36(16-30(43)4)47(11,12)38-19-33(7)45(34(8)20-38)54-26-41-24-50-41/h13-20,39-41,48H,21-26H2,1-12H3/t40-,41-/m1/s1. The molecule has 2 heterocycles. The molecule has 0 spiro atoms. The molecule has 1 N–H and O–H groups in total. The first-order chi connectivity index (χ1) is 25.4. The molecule has 7 heteroatoms. The normalized spacial score (nSPS) is 16.8. The van der Waals surface area contributed by atoms with Gasteiger partial charge < -0.3 is 33.5 Å². The minimum Gasteiger partial charge on any atom is -0.490 e. The third kappa shape index (κ3) is 8.75. The van der Waals surface area contributed by atoms with Gasteiger partial charge in [-0.3, -0.25) is 0 Å². The molecule has 2 fully saturated rings. The van der Waals surface area contributed by atoms with E-state index in [0.29, 0.717) is 13.2 Å². The van der Waals surface area contributed by atoms with E-state index in [-0.39, 0.29) is 36.3 Å². The number of epoxide rings is 2. The maximum atomic E-state index is 11.0. The van der Waals surface area contributed by atoms with Gasteiger partial charge in [0.15, 0.2) is 0 Å². The highest BCUT2D eigenvalue weighted by Gasteiger charge is 2.30. The molecule has 0 aliphatic carbocycles. The van der Waals surface area contributed by atoms with Crippen LogP contribution in [0.1, 0.15) is 94.5 Å². The lowest BCUT2D eigenvalue weighted by atomic mass is 9.76. The lowest BCUT2D eigenvalue weighted by Gasteiger charge is -2.29. The van der Waals surface area contributed by atoms with Gasteiger partial charge in [-0.05, 0) is 122 Å². The zero-order chi connectivity index (χ0) is 39.1. The quantitative estimate of drug-likeness (QED) is 0.115. The summed E-state index contributed by atoms with van der Waals surface area (Å²) >= 11 is 0. The summed E-state index contributed by atoms with van der Waals surface area (Å²) in [6.07, 6.45) is -0.351. The van der Waals surface area contributed by atoms with Crippen molar-refractivity contribution in [2.24, 2.45) is 0 Å². The molecule has 2 saturated heterocycles. The predicted octanol–water partition coefficient (Wildman–Crippen LogP) is 9.18. The van der Waals surface area contributed by atoms with E-state index in [2.05, 4.69) is 132 Å². The maximum Gasteiger partial charge on any atom is 0.125 e. The van der Waals surface area contributed by atoms with Crippen LogP contribution < -0.4 is 18.9 Å². The predicted molar refractivity (Wildman–Crippen MR) is 215 cm³/mol. The Morgan fingerprint density at radius 1 is 0.481 bits per heavy atom. The molecule has 7 nitrogen and oxygen atoms in total. The van der Waals surface area contributed by atoms with Crippen molar-refractivity contribution >= 4 is 0 Å². The van der Waals surface area contributed by atoms with E-state index in [4.69, 9.17) is 28.4 Å². The van der Waals surface area contributed by atoms with Crippen LogP contribution in [0.3, 0.4) is 0 Å². The zero-order valence-corrected chi connectivity index (χ0v) is 34.5. The second-order valence-corrected chi connectivity index (χ2v) is 16.8. The van der Waals surface area contributed by atoms with Crippen molar-refractivity contribution in [1.29, 1.82) is 0 Å². The molecular weight excluding hydrogens is 677 g/mol. The van der Waals surface area contributed by atoms with Crippen LogP contribution in [-0.2, 0) is 20.3 Å². The van der Waals surface area contributed by atoms with Gasteiger partial charge in [-0.2, -0.15) is 0 Å². The van der Waals surface area contributed by atoms with Gasteiger partial charge in [0.2, 0.25) is 0 Å². The number of aliphatic hydroxyl groups excluding tert-OH is 1. The first kappa shape index (κ1) is 39.6. The van der Waals surface area contributed by atoms with Crippen molar-refractivity contribution in [3.05, 3.63) is 115 Å². The third-order valence-corrected chi connectivity index (χ3v) is 11.2. The van der Waals surface area contributed by atoms with Crippen molar-refractivity contribution in [2.45, 2.75) is 112 Å². The van der Waals surface area contributed by atoms with Gasteiger partial charge in [0.25, 0.3) is 0 Å². The Labute approximate surface area is 322 Å². The Bertz CT molecular complexity index is 1760. The van der Waals surface area contributed by atoms with Gasteiger partial charge in [0, 0.05) is 10.8 Å². The van der Waals surface area contributed by atoms with Crippen molar-refractivity contribution in [1.82, 2.24) is 0 Å². The van der Waals surface area contributed by atoms with E-state index in [1.165, 1.54) is 22.3 Å². The number of hydrogen-bond donors (Lipinski definition) is 1. The van der Waals surface area contributed by atoms with Crippen LogP contribution in [0.15, 0.2) is 48.5 Å². The average Bonchev–Trinajstić information content (AvgIpc) is 4.03. The molecule has 0 saturated carbocycles. The summed E-state index contributed by atoms with van der Waals surface area (Å²) in [7, 11) is 0. The molecule has 2 atom stereocenters. The minimum absolute atomic E-state index is 0.130. The van der Waals surface area contributed by atoms with E-state index >= 15 is 0 Å². The van der Waals surface area contributed by atoms with Gasteiger partial charge in [-0.1, -0.05) is 76.2 Å². The zero-order valence-electron chi connectivity index (χ0n) is 34.5. The first-order valence-corrected chi connectivity index (χ1v) is 19.3. The van der Waals surface area contributed by atoms with Crippen LogP contribution in [0, 0.1) is 55.4 Å². The molecule has 0 amide bonds. The lowest BCUT2D eigenvalue weighted by Crippen LogP contribution is -2.26. The second kappa shape index (κ2) is 15.6. The second-order valence-electron chi connectivity index (χ2n) is 16.8. The molecular formula is C47H60O7. The van der Waals surface area contributed by atoms with Crippen molar-refractivity contribution in [3.63, 3.8) is 0 Å². The molecule has 0 bridgehead atoms. The highest BCUT2D eigenvalue weighted by molar-refractivity contribution is 5.54. The van der Waals surface area contributed by atoms with Crippen molar-refractivity contribution < 1.29 is 33.5 Å². The Morgan fingerprint density at radius 3 is 0.926 bits per heavy atom.